The number of amides is 2. The monoisotopic (exact) mass is 400 g/mol. The van der Waals surface area contributed by atoms with Crippen molar-refractivity contribution in [2.75, 3.05) is 18.4 Å². The Morgan fingerprint density at radius 1 is 1.04 bits per heavy atom. The summed E-state index contributed by atoms with van der Waals surface area (Å²) < 4.78 is 5.67. The maximum Gasteiger partial charge on any atom is 0.265 e. The van der Waals surface area contributed by atoms with Crippen LogP contribution in [0.15, 0.2) is 48.5 Å². The molecular weight excluding hydrogens is 376 g/mol. The fourth-order valence-corrected chi connectivity index (χ4v) is 3.44. The molecule has 1 unspecified atom stereocenters. The Bertz CT molecular complexity index is 832. The van der Waals surface area contributed by atoms with Crippen molar-refractivity contribution < 1.29 is 14.3 Å². The van der Waals surface area contributed by atoms with Crippen LogP contribution in [0.25, 0.3) is 0 Å². The second kappa shape index (κ2) is 9.60. The third-order valence-corrected chi connectivity index (χ3v) is 5.02. The van der Waals surface area contributed by atoms with E-state index in [0.717, 1.165) is 38.8 Å². The highest BCUT2D eigenvalue weighted by Crippen LogP contribution is 2.22. The number of likely N-dealkylation sites (tertiary alicyclic amines) is 1. The molecule has 0 bridgehead atoms. The van der Waals surface area contributed by atoms with Crippen molar-refractivity contribution in [3.63, 3.8) is 0 Å². The Kier molecular flexibility index (Phi) is 6.93. The van der Waals surface area contributed by atoms with E-state index in [1.807, 2.05) is 11.0 Å². The van der Waals surface area contributed by atoms with Crippen LogP contribution in [0.5, 0.6) is 5.75 Å². The zero-order valence-corrected chi connectivity index (χ0v) is 16.7. The van der Waals surface area contributed by atoms with Gasteiger partial charge < -0.3 is 15.0 Å². The summed E-state index contributed by atoms with van der Waals surface area (Å²) >= 11 is 5.96. The first-order valence-corrected chi connectivity index (χ1v) is 10.0. The first kappa shape index (κ1) is 20.2. The lowest BCUT2D eigenvalue weighted by molar-refractivity contribution is -0.122. The molecule has 3 rings (SSSR count). The highest BCUT2D eigenvalue weighted by molar-refractivity contribution is 6.30. The van der Waals surface area contributed by atoms with Gasteiger partial charge in [0.25, 0.3) is 11.8 Å². The van der Waals surface area contributed by atoms with Gasteiger partial charge in [-0.2, -0.15) is 0 Å². The van der Waals surface area contributed by atoms with E-state index in [2.05, 4.69) is 5.32 Å². The van der Waals surface area contributed by atoms with Crippen molar-refractivity contribution in [2.45, 2.75) is 38.7 Å². The Balaban J connectivity index is 1.69. The Morgan fingerprint density at radius 2 is 1.75 bits per heavy atom. The predicted octanol–water partition coefficient (Wildman–Crippen LogP) is 4.76. The van der Waals surface area contributed by atoms with Crippen molar-refractivity contribution >= 4 is 29.1 Å². The summed E-state index contributed by atoms with van der Waals surface area (Å²) in [5.74, 6) is 0.154. The van der Waals surface area contributed by atoms with Gasteiger partial charge in [-0.3, -0.25) is 9.59 Å². The molecule has 0 radical (unpaired) electrons. The average Bonchev–Trinajstić information content (AvgIpc) is 2.97. The molecule has 1 heterocycles. The number of nitrogens with zero attached hydrogens (tertiary/aromatic N) is 1. The summed E-state index contributed by atoms with van der Waals surface area (Å²) in [7, 11) is 0. The average molecular weight is 401 g/mol. The SMILES string of the molecule is CC(Oc1cccc(Cl)c1)C(=O)Nc1ccccc1C(=O)N1CCCCCC1. The van der Waals surface area contributed by atoms with Crippen molar-refractivity contribution in [3.05, 3.63) is 59.1 Å². The summed E-state index contributed by atoms with van der Waals surface area (Å²) in [6, 6.07) is 14.0. The fraction of sp³-hybridized carbons (Fsp3) is 0.364. The predicted molar refractivity (Wildman–Crippen MR) is 111 cm³/mol. The first-order chi connectivity index (χ1) is 13.5. The molecule has 1 aliphatic rings. The van der Waals surface area contributed by atoms with E-state index in [1.54, 1.807) is 49.4 Å². The van der Waals surface area contributed by atoms with Gasteiger partial charge in [-0.1, -0.05) is 42.6 Å². The minimum atomic E-state index is -0.736. The van der Waals surface area contributed by atoms with Crippen LogP contribution in [0.1, 0.15) is 43.0 Å². The lowest BCUT2D eigenvalue weighted by Gasteiger charge is -2.22. The van der Waals surface area contributed by atoms with E-state index in [0.29, 0.717) is 22.0 Å². The fourth-order valence-electron chi connectivity index (χ4n) is 3.26. The molecule has 0 aliphatic carbocycles. The van der Waals surface area contributed by atoms with Crippen molar-refractivity contribution in [1.29, 1.82) is 0 Å². The number of carbonyl (C=O) groups is 2. The number of carbonyl (C=O) groups excluding carboxylic acids is 2. The Morgan fingerprint density at radius 3 is 2.46 bits per heavy atom. The van der Waals surface area contributed by atoms with Gasteiger partial charge in [-0.25, -0.2) is 0 Å². The standard InChI is InChI=1S/C22H25ClN2O3/c1-16(28-18-10-8-9-17(23)15-18)21(26)24-20-12-5-4-11-19(20)22(27)25-13-6-2-3-7-14-25/h4-5,8-12,15-16H,2-3,6-7,13-14H2,1H3,(H,24,26). The first-order valence-electron chi connectivity index (χ1n) is 9.66. The molecule has 148 valence electrons. The molecule has 5 nitrogen and oxygen atoms in total. The quantitative estimate of drug-likeness (QED) is 0.786. The molecule has 1 fully saturated rings. The van der Waals surface area contributed by atoms with E-state index in [1.165, 1.54) is 0 Å². The minimum absolute atomic E-state index is 0.0405. The van der Waals surface area contributed by atoms with E-state index in [4.69, 9.17) is 16.3 Å². The van der Waals surface area contributed by atoms with Gasteiger partial charge in [0.15, 0.2) is 6.10 Å². The van der Waals surface area contributed by atoms with Crippen LogP contribution in [0.3, 0.4) is 0 Å². The number of halogens is 1. The molecule has 2 amide bonds. The molecular formula is C22H25ClN2O3. The lowest BCUT2D eigenvalue weighted by Crippen LogP contribution is -2.34. The topological polar surface area (TPSA) is 58.6 Å². The largest absolute Gasteiger partial charge is 0.481 e. The molecule has 28 heavy (non-hydrogen) atoms. The number of rotatable bonds is 5. The maximum absolute atomic E-state index is 13.0. The van der Waals surface area contributed by atoms with Crippen LogP contribution in [-0.2, 0) is 4.79 Å². The van der Waals surface area contributed by atoms with Crippen LogP contribution in [0, 0.1) is 0 Å². The number of anilines is 1. The van der Waals surface area contributed by atoms with Crippen LogP contribution < -0.4 is 10.1 Å². The number of hydrogen-bond donors (Lipinski definition) is 1. The highest BCUT2D eigenvalue weighted by Gasteiger charge is 2.22. The Hall–Kier alpha value is -2.53. The Labute approximate surface area is 170 Å². The second-order valence-electron chi connectivity index (χ2n) is 6.96. The van der Waals surface area contributed by atoms with E-state index < -0.39 is 6.10 Å². The number of benzene rings is 2. The van der Waals surface area contributed by atoms with Gasteiger partial charge in [0.05, 0.1) is 11.3 Å². The van der Waals surface area contributed by atoms with Gasteiger partial charge in [-0.15, -0.1) is 0 Å². The molecule has 1 N–H and O–H groups in total. The van der Waals surface area contributed by atoms with E-state index in [9.17, 15) is 9.59 Å². The smallest absolute Gasteiger partial charge is 0.265 e. The second-order valence-corrected chi connectivity index (χ2v) is 7.40. The van der Waals surface area contributed by atoms with Gasteiger partial charge in [0.2, 0.25) is 0 Å². The van der Waals surface area contributed by atoms with Gasteiger partial charge in [-0.05, 0) is 50.1 Å². The summed E-state index contributed by atoms with van der Waals surface area (Å²) in [5.41, 5.74) is 1.01. The zero-order valence-electron chi connectivity index (χ0n) is 16.0. The molecule has 0 aromatic heterocycles. The third-order valence-electron chi connectivity index (χ3n) is 4.79. The summed E-state index contributed by atoms with van der Waals surface area (Å²) in [6.45, 7) is 3.18. The van der Waals surface area contributed by atoms with E-state index in [-0.39, 0.29) is 11.8 Å². The maximum atomic E-state index is 13.0. The third kappa shape index (κ3) is 5.26. The molecule has 2 aromatic rings. The molecule has 1 saturated heterocycles. The van der Waals surface area contributed by atoms with Crippen LogP contribution >= 0.6 is 11.6 Å². The summed E-state index contributed by atoms with van der Waals surface area (Å²) in [5, 5.41) is 3.38. The highest BCUT2D eigenvalue weighted by atomic mass is 35.5. The molecule has 0 spiro atoms. The van der Waals surface area contributed by atoms with Gasteiger partial charge in [0, 0.05) is 18.1 Å². The van der Waals surface area contributed by atoms with E-state index >= 15 is 0 Å². The van der Waals surface area contributed by atoms with Crippen molar-refractivity contribution in [3.8, 4) is 5.75 Å². The molecule has 0 saturated carbocycles. The van der Waals surface area contributed by atoms with Gasteiger partial charge >= 0.3 is 0 Å². The van der Waals surface area contributed by atoms with Crippen LogP contribution in [-0.4, -0.2) is 35.9 Å². The molecule has 2 aromatic carbocycles. The van der Waals surface area contributed by atoms with Gasteiger partial charge in [0.1, 0.15) is 5.75 Å². The number of ether oxygens (including phenoxy) is 1. The van der Waals surface area contributed by atoms with Crippen molar-refractivity contribution in [2.24, 2.45) is 0 Å². The number of para-hydroxylation sites is 1. The molecule has 1 aliphatic heterocycles. The lowest BCUT2D eigenvalue weighted by atomic mass is 10.1. The molecule has 6 heteroatoms. The summed E-state index contributed by atoms with van der Waals surface area (Å²) in [4.78, 5) is 27.5. The summed E-state index contributed by atoms with van der Waals surface area (Å²) in [6.07, 6.45) is 3.61. The molecule has 1 atom stereocenters. The van der Waals surface area contributed by atoms with Crippen LogP contribution in [0.4, 0.5) is 5.69 Å². The number of nitrogens with one attached hydrogen (secondary N) is 1. The minimum Gasteiger partial charge on any atom is -0.481 e. The van der Waals surface area contributed by atoms with Crippen molar-refractivity contribution in [1.82, 2.24) is 4.90 Å². The van der Waals surface area contributed by atoms with Crippen LogP contribution in [0.2, 0.25) is 5.02 Å². The number of hydrogen-bond acceptors (Lipinski definition) is 3. The normalized spacial score (nSPS) is 15.4. The zero-order chi connectivity index (χ0) is 19.9.